The maximum Gasteiger partial charge on any atom is 0.124 e. The number of hydrogen-bond acceptors (Lipinski definition) is 3. The molecular weight excluding hydrogens is 214 g/mol. The van der Waals surface area contributed by atoms with Crippen molar-refractivity contribution in [2.24, 2.45) is 0 Å². The second kappa shape index (κ2) is 5.41. The Labute approximate surface area is 103 Å². The normalized spacial score (nSPS) is 22.8. The first-order chi connectivity index (χ1) is 8.24. The van der Waals surface area contributed by atoms with E-state index in [0.717, 1.165) is 30.9 Å². The standard InChI is InChI=1S/C14H21NO2/c1-4-7-16-11-5-6-14-12(9-11)13(15-3)8-10(2)17-14/h5-6,9-10,13,15H,4,7-8H2,1-3H3. The van der Waals surface area contributed by atoms with Crippen LogP contribution in [0.2, 0.25) is 0 Å². The highest BCUT2D eigenvalue weighted by atomic mass is 16.5. The predicted molar refractivity (Wildman–Crippen MR) is 68.7 cm³/mol. The fourth-order valence-electron chi connectivity index (χ4n) is 2.21. The van der Waals surface area contributed by atoms with Crippen molar-refractivity contribution in [3.8, 4) is 11.5 Å². The smallest absolute Gasteiger partial charge is 0.124 e. The van der Waals surface area contributed by atoms with Gasteiger partial charge in [-0.1, -0.05) is 6.92 Å². The molecule has 2 rings (SSSR count). The average molecular weight is 235 g/mol. The second-order valence-corrected chi connectivity index (χ2v) is 4.55. The number of hydrogen-bond donors (Lipinski definition) is 1. The van der Waals surface area contributed by atoms with E-state index >= 15 is 0 Å². The predicted octanol–water partition coefficient (Wildman–Crippen LogP) is 2.91. The van der Waals surface area contributed by atoms with Crippen LogP contribution in [0.1, 0.15) is 38.3 Å². The van der Waals surface area contributed by atoms with Crippen molar-refractivity contribution in [1.82, 2.24) is 5.32 Å². The van der Waals surface area contributed by atoms with Gasteiger partial charge >= 0.3 is 0 Å². The van der Waals surface area contributed by atoms with Gasteiger partial charge in [0.2, 0.25) is 0 Å². The van der Waals surface area contributed by atoms with E-state index in [9.17, 15) is 0 Å². The largest absolute Gasteiger partial charge is 0.494 e. The van der Waals surface area contributed by atoms with Crippen LogP contribution in [0.25, 0.3) is 0 Å². The van der Waals surface area contributed by atoms with Crippen LogP contribution in [0.3, 0.4) is 0 Å². The molecule has 2 atom stereocenters. The average Bonchev–Trinajstić information content (AvgIpc) is 2.35. The van der Waals surface area contributed by atoms with Gasteiger partial charge in [0.25, 0.3) is 0 Å². The highest BCUT2D eigenvalue weighted by Gasteiger charge is 2.24. The van der Waals surface area contributed by atoms with Crippen molar-refractivity contribution in [3.63, 3.8) is 0 Å². The summed E-state index contributed by atoms with van der Waals surface area (Å²) >= 11 is 0. The van der Waals surface area contributed by atoms with E-state index < -0.39 is 0 Å². The van der Waals surface area contributed by atoms with E-state index in [1.165, 1.54) is 5.56 Å². The fraction of sp³-hybridized carbons (Fsp3) is 0.571. The first-order valence-electron chi connectivity index (χ1n) is 6.35. The topological polar surface area (TPSA) is 30.5 Å². The van der Waals surface area contributed by atoms with Gasteiger partial charge in [-0.15, -0.1) is 0 Å². The van der Waals surface area contributed by atoms with Crippen LogP contribution < -0.4 is 14.8 Å². The van der Waals surface area contributed by atoms with Crippen LogP contribution in [0.5, 0.6) is 11.5 Å². The van der Waals surface area contributed by atoms with Gasteiger partial charge in [-0.2, -0.15) is 0 Å². The first kappa shape index (κ1) is 12.2. The van der Waals surface area contributed by atoms with Crippen LogP contribution in [0, 0.1) is 0 Å². The van der Waals surface area contributed by atoms with Crippen LogP contribution in [-0.4, -0.2) is 19.8 Å². The number of rotatable bonds is 4. The third-order valence-electron chi connectivity index (χ3n) is 3.07. The van der Waals surface area contributed by atoms with Gasteiger partial charge in [0.05, 0.1) is 12.7 Å². The molecule has 0 saturated heterocycles. The molecular formula is C14H21NO2. The monoisotopic (exact) mass is 235 g/mol. The maximum atomic E-state index is 5.83. The van der Waals surface area contributed by atoms with Gasteiger partial charge in [0, 0.05) is 18.0 Å². The van der Waals surface area contributed by atoms with Gasteiger partial charge in [-0.05, 0) is 38.6 Å². The van der Waals surface area contributed by atoms with Crippen molar-refractivity contribution in [2.45, 2.75) is 38.8 Å². The van der Waals surface area contributed by atoms with Crippen LogP contribution in [0.15, 0.2) is 18.2 Å². The Hall–Kier alpha value is -1.22. The minimum atomic E-state index is 0.266. The Morgan fingerprint density at radius 2 is 2.29 bits per heavy atom. The molecule has 0 spiro atoms. The van der Waals surface area contributed by atoms with Crippen molar-refractivity contribution >= 4 is 0 Å². The Balaban J connectivity index is 2.23. The summed E-state index contributed by atoms with van der Waals surface area (Å²) in [7, 11) is 1.99. The number of ether oxygens (including phenoxy) is 2. The molecule has 1 aliphatic rings. The molecule has 2 unspecified atom stereocenters. The first-order valence-corrected chi connectivity index (χ1v) is 6.35. The summed E-state index contributed by atoms with van der Waals surface area (Å²) < 4.78 is 11.5. The quantitative estimate of drug-likeness (QED) is 0.870. The van der Waals surface area contributed by atoms with E-state index in [4.69, 9.17) is 9.47 Å². The highest BCUT2D eigenvalue weighted by molar-refractivity contribution is 5.43. The molecule has 0 saturated carbocycles. The van der Waals surface area contributed by atoms with Gasteiger partial charge in [-0.3, -0.25) is 0 Å². The molecule has 1 aliphatic heterocycles. The lowest BCUT2D eigenvalue weighted by Gasteiger charge is -2.30. The molecule has 0 fully saturated rings. The van der Waals surface area contributed by atoms with E-state index in [1.807, 2.05) is 19.2 Å². The van der Waals surface area contributed by atoms with E-state index in [1.54, 1.807) is 0 Å². The van der Waals surface area contributed by atoms with Gasteiger partial charge < -0.3 is 14.8 Å². The minimum absolute atomic E-state index is 0.266. The molecule has 1 aromatic rings. The maximum absolute atomic E-state index is 5.83. The molecule has 0 bridgehead atoms. The van der Waals surface area contributed by atoms with Gasteiger partial charge in [0.15, 0.2) is 0 Å². The third-order valence-corrected chi connectivity index (χ3v) is 3.07. The lowest BCUT2D eigenvalue weighted by molar-refractivity contribution is 0.168. The van der Waals surface area contributed by atoms with E-state index in [2.05, 4.69) is 25.2 Å². The van der Waals surface area contributed by atoms with Crippen LogP contribution in [-0.2, 0) is 0 Å². The molecule has 0 aromatic heterocycles. The zero-order valence-corrected chi connectivity index (χ0v) is 10.8. The van der Waals surface area contributed by atoms with E-state index in [0.29, 0.717) is 6.04 Å². The summed E-state index contributed by atoms with van der Waals surface area (Å²) in [5, 5.41) is 3.34. The number of fused-ring (bicyclic) bond motifs is 1. The van der Waals surface area contributed by atoms with Crippen LogP contribution >= 0.6 is 0 Å². The Bertz CT molecular complexity index is 378. The lowest BCUT2D eigenvalue weighted by Crippen LogP contribution is -2.29. The molecule has 3 heteroatoms. The second-order valence-electron chi connectivity index (χ2n) is 4.55. The fourth-order valence-corrected chi connectivity index (χ4v) is 2.21. The number of nitrogens with one attached hydrogen (secondary N) is 1. The Kier molecular flexibility index (Phi) is 3.89. The molecule has 1 N–H and O–H groups in total. The van der Waals surface area contributed by atoms with E-state index in [-0.39, 0.29) is 6.10 Å². The Morgan fingerprint density at radius 3 is 3.00 bits per heavy atom. The summed E-state index contributed by atoms with van der Waals surface area (Å²) in [6.45, 7) is 4.98. The number of benzene rings is 1. The molecule has 0 amide bonds. The lowest BCUT2D eigenvalue weighted by atomic mass is 9.97. The Morgan fingerprint density at radius 1 is 1.47 bits per heavy atom. The van der Waals surface area contributed by atoms with Crippen molar-refractivity contribution < 1.29 is 9.47 Å². The summed E-state index contributed by atoms with van der Waals surface area (Å²) in [6.07, 6.45) is 2.29. The summed E-state index contributed by atoms with van der Waals surface area (Å²) in [5.74, 6) is 1.91. The summed E-state index contributed by atoms with van der Waals surface area (Å²) in [4.78, 5) is 0. The zero-order chi connectivity index (χ0) is 12.3. The molecule has 3 nitrogen and oxygen atoms in total. The minimum Gasteiger partial charge on any atom is -0.494 e. The van der Waals surface area contributed by atoms with Crippen LogP contribution in [0.4, 0.5) is 0 Å². The van der Waals surface area contributed by atoms with Crippen molar-refractivity contribution in [1.29, 1.82) is 0 Å². The highest BCUT2D eigenvalue weighted by Crippen LogP contribution is 2.36. The van der Waals surface area contributed by atoms with Gasteiger partial charge in [-0.25, -0.2) is 0 Å². The molecule has 94 valence electrons. The van der Waals surface area contributed by atoms with Crippen molar-refractivity contribution in [2.75, 3.05) is 13.7 Å². The van der Waals surface area contributed by atoms with Crippen molar-refractivity contribution in [3.05, 3.63) is 23.8 Å². The molecule has 0 radical (unpaired) electrons. The molecule has 17 heavy (non-hydrogen) atoms. The van der Waals surface area contributed by atoms with Gasteiger partial charge in [0.1, 0.15) is 11.5 Å². The zero-order valence-electron chi connectivity index (χ0n) is 10.8. The summed E-state index contributed by atoms with van der Waals surface area (Å²) in [6, 6.07) is 6.45. The third kappa shape index (κ3) is 2.72. The molecule has 0 aliphatic carbocycles. The molecule has 1 aromatic carbocycles. The molecule has 1 heterocycles. The summed E-state index contributed by atoms with van der Waals surface area (Å²) in [5.41, 5.74) is 1.21. The SMILES string of the molecule is CCCOc1ccc2c(c1)C(NC)CC(C)O2.